The maximum absolute atomic E-state index is 12.2. The number of aromatic nitrogens is 2. The van der Waals surface area contributed by atoms with E-state index in [2.05, 4.69) is 34.8 Å². The highest BCUT2D eigenvalue weighted by Gasteiger charge is 2.10. The first-order valence-corrected chi connectivity index (χ1v) is 7.26. The molecule has 0 spiro atoms. The van der Waals surface area contributed by atoms with E-state index < -0.39 is 0 Å². The first-order valence-electron chi connectivity index (χ1n) is 6.47. The van der Waals surface area contributed by atoms with Crippen LogP contribution in [0.4, 0.5) is 0 Å². The second-order valence-corrected chi connectivity index (χ2v) is 5.97. The van der Waals surface area contributed by atoms with Crippen molar-refractivity contribution in [3.05, 3.63) is 51.0 Å². The van der Waals surface area contributed by atoms with E-state index in [1.54, 1.807) is 17.0 Å². The first kappa shape index (κ1) is 14.8. The zero-order valence-corrected chi connectivity index (χ0v) is 13.3. The minimum Gasteiger partial charge on any atom is -0.433 e. The molecule has 5 heteroatoms. The number of halogens is 1. The number of rotatable bonds is 4. The normalized spacial score (nSPS) is 10.8. The molecule has 0 N–H and O–H groups in total. The van der Waals surface area contributed by atoms with Gasteiger partial charge in [-0.1, -0.05) is 19.9 Å². The molecule has 0 radical (unpaired) electrons. The van der Waals surface area contributed by atoms with Crippen LogP contribution in [0.15, 0.2) is 39.9 Å². The molecule has 0 fully saturated rings. The van der Waals surface area contributed by atoms with E-state index in [-0.39, 0.29) is 11.4 Å². The quantitative estimate of drug-likeness (QED) is 0.853. The summed E-state index contributed by atoms with van der Waals surface area (Å²) in [7, 11) is 0. The molecule has 4 nitrogen and oxygen atoms in total. The van der Waals surface area contributed by atoms with Crippen LogP contribution in [0, 0.1) is 12.8 Å². The van der Waals surface area contributed by atoms with Gasteiger partial charge in [0, 0.05) is 18.9 Å². The van der Waals surface area contributed by atoms with Gasteiger partial charge in [0.25, 0.3) is 5.88 Å². The molecule has 0 amide bonds. The Kier molecular flexibility index (Phi) is 4.60. The number of benzene rings is 1. The Bertz CT molecular complexity index is 665. The fourth-order valence-electron chi connectivity index (χ4n) is 1.83. The lowest BCUT2D eigenvalue weighted by Crippen LogP contribution is -2.23. The summed E-state index contributed by atoms with van der Waals surface area (Å²) in [5.41, 5.74) is 0.899. The Morgan fingerprint density at radius 1 is 1.40 bits per heavy atom. The minimum atomic E-state index is -0.214. The lowest BCUT2D eigenvalue weighted by atomic mass is 10.2. The van der Waals surface area contributed by atoms with Crippen molar-refractivity contribution in [2.24, 2.45) is 5.92 Å². The van der Waals surface area contributed by atoms with Crippen LogP contribution in [0.2, 0.25) is 0 Å². The lowest BCUT2D eigenvalue weighted by Gasteiger charge is -2.11. The zero-order valence-electron chi connectivity index (χ0n) is 11.8. The highest BCUT2D eigenvalue weighted by Crippen LogP contribution is 2.28. The van der Waals surface area contributed by atoms with Crippen LogP contribution in [0.3, 0.4) is 0 Å². The fraction of sp³-hybridized carbons (Fsp3) is 0.333. The van der Waals surface area contributed by atoms with Crippen molar-refractivity contribution < 1.29 is 4.74 Å². The van der Waals surface area contributed by atoms with Gasteiger partial charge >= 0.3 is 5.56 Å². The summed E-state index contributed by atoms with van der Waals surface area (Å²) in [5, 5.41) is 0. The summed E-state index contributed by atoms with van der Waals surface area (Å²) in [6.45, 7) is 6.76. The molecular formula is C15H17BrN2O2. The topological polar surface area (TPSA) is 44.1 Å². The molecule has 1 aromatic carbocycles. The van der Waals surface area contributed by atoms with Crippen molar-refractivity contribution in [2.75, 3.05) is 0 Å². The van der Waals surface area contributed by atoms with Gasteiger partial charge in [0.15, 0.2) is 0 Å². The Morgan fingerprint density at radius 2 is 2.15 bits per heavy atom. The summed E-state index contributed by atoms with van der Waals surface area (Å²) in [6.07, 6.45) is 3.26. The van der Waals surface area contributed by atoms with Gasteiger partial charge in [-0.25, -0.2) is 4.98 Å². The summed E-state index contributed by atoms with van der Waals surface area (Å²) >= 11 is 3.43. The second kappa shape index (κ2) is 6.22. The van der Waals surface area contributed by atoms with Gasteiger partial charge in [-0.2, -0.15) is 0 Å². The maximum atomic E-state index is 12.2. The van der Waals surface area contributed by atoms with Gasteiger partial charge in [-0.15, -0.1) is 0 Å². The Hall–Kier alpha value is -1.62. The van der Waals surface area contributed by atoms with E-state index in [9.17, 15) is 4.79 Å². The Labute approximate surface area is 126 Å². The Morgan fingerprint density at radius 3 is 2.80 bits per heavy atom. The highest BCUT2D eigenvalue weighted by atomic mass is 79.9. The highest BCUT2D eigenvalue weighted by molar-refractivity contribution is 9.10. The van der Waals surface area contributed by atoms with Gasteiger partial charge in [0.05, 0.1) is 4.47 Å². The number of ether oxygens (including phenoxy) is 1. The van der Waals surface area contributed by atoms with Crippen molar-refractivity contribution in [3.63, 3.8) is 0 Å². The van der Waals surface area contributed by atoms with Gasteiger partial charge < -0.3 is 9.30 Å². The summed E-state index contributed by atoms with van der Waals surface area (Å²) < 4.78 is 8.05. The third-order valence-electron chi connectivity index (χ3n) is 2.74. The third-order valence-corrected chi connectivity index (χ3v) is 3.36. The van der Waals surface area contributed by atoms with Gasteiger partial charge in [-0.3, -0.25) is 4.79 Å². The van der Waals surface area contributed by atoms with Crippen molar-refractivity contribution in [1.29, 1.82) is 0 Å². The van der Waals surface area contributed by atoms with Crippen molar-refractivity contribution >= 4 is 15.9 Å². The largest absolute Gasteiger partial charge is 0.433 e. The van der Waals surface area contributed by atoms with Crippen molar-refractivity contribution in [2.45, 2.75) is 27.3 Å². The van der Waals surface area contributed by atoms with Crippen LogP contribution in [0.1, 0.15) is 19.4 Å². The first-order chi connectivity index (χ1) is 9.47. The molecule has 0 atom stereocenters. The number of aryl methyl sites for hydroxylation is 1. The van der Waals surface area contributed by atoms with Crippen molar-refractivity contribution in [3.8, 4) is 11.6 Å². The molecule has 2 rings (SSSR count). The Balaban J connectivity index is 2.32. The number of hydrogen-bond donors (Lipinski definition) is 0. The molecule has 0 aliphatic heterocycles. The molecule has 0 saturated heterocycles. The molecule has 0 aliphatic carbocycles. The molecule has 0 unspecified atom stereocenters. The minimum absolute atomic E-state index is 0.0951. The fourth-order valence-corrected chi connectivity index (χ4v) is 2.40. The molecule has 106 valence electrons. The van der Waals surface area contributed by atoms with E-state index in [0.29, 0.717) is 18.2 Å². The van der Waals surface area contributed by atoms with E-state index in [4.69, 9.17) is 4.74 Å². The molecule has 1 aromatic heterocycles. The van der Waals surface area contributed by atoms with E-state index in [1.165, 1.54) is 0 Å². The van der Waals surface area contributed by atoms with Crippen LogP contribution in [0.5, 0.6) is 11.6 Å². The smallest absolute Gasteiger partial charge is 0.313 e. The average molecular weight is 337 g/mol. The van der Waals surface area contributed by atoms with Crippen LogP contribution in [0.25, 0.3) is 0 Å². The lowest BCUT2D eigenvalue weighted by molar-refractivity contribution is 0.430. The predicted molar refractivity (Wildman–Crippen MR) is 82.3 cm³/mol. The average Bonchev–Trinajstić information content (AvgIpc) is 2.36. The van der Waals surface area contributed by atoms with E-state index in [1.807, 2.05) is 25.1 Å². The molecule has 20 heavy (non-hydrogen) atoms. The van der Waals surface area contributed by atoms with Gasteiger partial charge in [-0.05, 0) is 46.5 Å². The third kappa shape index (κ3) is 3.48. The number of hydrogen-bond acceptors (Lipinski definition) is 3. The summed E-state index contributed by atoms with van der Waals surface area (Å²) in [6, 6.07) is 5.68. The molecule has 0 bridgehead atoms. The molecular weight excluding hydrogens is 320 g/mol. The molecule has 0 aliphatic rings. The maximum Gasteiger partial charge on any atom is 0.313 e. The van der Waals surface area contributed by atoms with Gasteiger partial charge in [0.2, 0.25) is 0 Å². The predicted octanol–water partition coefficient (Wildman–Crippen LogP) is 3.76. The van der Waals surface area contributed by atoms with Crippen LogP contribution in [-0.4, -0.2) is 9.55 Å². The number of nitrogens with zero attached hydrogens (tertiary/aromatic N) is 2. The SMILES string of the molecule is Cc1ccc(Oc2nccn(CC(C)C)c2=O)c(Br)c1. The second-order valence-electron chi connectivity index (χ2n) is 5.12. The summed E-state index contributed by atoms with van der Waals surface area (Å²) in [5.74, 6) is 1.06. The van der Waals surface area contributed by atoms with Crippen LogP contribution in [-0.2, 0) is 6.54 Å². The van der Waals surface area contributed by atoms with Gasteiger partial charge in [0.1, 0.15) is 5.75 Å². The monoisotopic (exact) mass is 336 g/mol. The standard InChI is InChI=1S/C15H17BrN2O2/c1-10(2)9-18-7-6-17-14(15(18)19)20-13-5-4-11(3)8-12(13)16/h4-8,10H,9H2,1-3H3. The molecule has 0 saturated carbocycles. The molecule has 2 aromatic rings. The zero-order chi connectivity index (χ0) is 14.7. The van der Waals surface area contributed by atoms with Crippen molar-refractivity contribution in [1.82, 2.24) is 9.55 Å². The molecule has 1 heterocycles. The van der Waals surface area contributed by atoms with Crippen LogP contribution < -0.4 is 10.3 Å². The summed E-state index contributed by atoms with van der Waals surface area (Å²) in [4.78, 5) is 16.3. The van der Waals surface area contributed by atoms with Crippen LogP contribution >= 0.6 is 15.9 Å². The van der Waals surface area contributed by atoms with E-state index >= 15 is 0 Å². The van der Waals surface area contributed by atoms with E-state index in [0.717, 1.165) is 10.0 Å².